The maximum Gasteiger partial charge on any atom is 0.336 e. The van der Waals surface area contributed by atoms with E-state index in [2.05, 4.69) is 36.3 Å². The summed E-state index contributed by atoms with van der Waals surface area (Å²) in [6.07, 6.45) is 1.70. The number of hydrogen-bond acceptors (Lipinski definition) is 3. The van der Waals surface area contributed by atoms with Crippen molar-refractivity contribution in [2.45, 2.75) is 20.4 Å². The number of carboxylic acids is 1. The average Bonchev–Trinajstić information content (AvgIpc) is 2.98. The van der Waals surface area contributed by atoms with Crippen molar-refractivity contribution in [1.29, 1.82) is 0 Å². The van der Waals surface area contributed by atoms with Gasteiger partial charge in [0.1, 0.15) is 0 Å². The molecule has 1 aromatic heterocycles. The molecular weight excluding hydrogens is 290 g/mol. The Morgan fingerprint density at radius 3 is 2.65 bits per heavy atom. The zero-order valence-electron chi connectivity index (χ0n) is 13.0. The van der Waals surface area contributed by atoms with Crippen LogP contribution in [0.5, 0.6) is 0 Å². The lowest BCUT2D eigenvalue weighted by Crippen LogP contribution is -2.09. The molecular formula is C18H17N3O2. The summed E-state index contributed by atoms with van der Waals surface area (Å²) < 4.78 is 1.73. The molecule has 0 saturated carbocycles. The van der Waals surface area contributed by atoms with Crippen molar-refractivity contribution in [3.8, 4) is 11.3 Å². The largest absolute Gasteiger partial charge is 0.478 e. The van der Waals surface area contributed by atoms with Crippen molar-refractivity contribution >= 4 is 5.97 Å². The second kappa shape index (κ2) is 6.04. The molecule has 5 nitrogen and oxygen atoms in total. The molecule has 0 saturated heterocycles. The van der Waals surface area contributed by atoms with Crippen molar-refractivity contribution in [3.05, 3.63) is 70.9 Å². The van der Waals surface area contributed by atoms with Crippen LogP contribution in [-0.2, 0) is 6.54 Å². The van der Waals surface area contributed by atoms with Gasteiger partial charge in [-0.05, 0) is 42.7 Å². The lowest BCUT2D eigenvalue weighted by Gasteiger charge is -2.10. The van der Waals surface area contributed by atoms with Crippen LogP contribution in [-0.4, -0.2) is 26.1 Å². The minimum absolute atomic E-state index is 0.286. The topological polar surface area (TPSA) is 68.0 Å². The molecule has 0 fully saturated rings. The highest BCUT2D eigenvalue weighted by Crippen LogP contribution is 2.22. The first-order chi connectivity index (χ1) is 11.1. The standard InChI is InChI=1S/C18H17N3O2/c1-12-7-8-14(9-13(12)2)17-10-19-20-21(17)11-15-5-3-4-6-16(15)18(22)23/h3-10H,11H2,1-2H3,(H,22,23). The summed E-state index contributed by atoms with van der Waals surface area (Å²) in [6.45, 7) is 4.50. The summed E-state index contributed by atoms with van der Waals surface area (Å²) in [4.78, 5) is 11.3. The number of carbonyl (C=O) groups is 1. The maximum atomic E-state index is 11.3. The third-order valence-corrected chi connectivity index (χ3v) is 3.99. The summed E-state index contributed by atoms with van der Waals surface area (Å²) >= 11 is 0. The van der Waals surface area contributed by atoms with E-state index in [1.807, 2.05) is 12.1 Å². The van der Waals surface area contributed by atoms with Gasteiger partial charge in [0, 0.05) is 5.56 Å². The van der Waals surface area contributed by atoms with Gasteiger partial charge in [-0.1, -0.05) is 35.5 Å². The van der Waals surface area contributed by atoms with Crippen LogP contribution >= 0.6 is 0 Å². The summed E-state index contributed by atoms with van der Waals surface area (Å²) in [5.74, 6) is -0.937. The van der Waals surface area contributed by atoms with E-state index in [4.69, 9.17) is 0 Å². The summed E-state index contributed by atoms with van der Waals surface area (Å²) in [5.41, 5.74) is 5.30. The molecule has 3 aromatic rings. The maximum absolute atomic E-state index is 11.3. The van der Waals surface area contributed by atoms with Crippen molar-refractivity contribution in [3.63, 3.8) is 0 Å². The van der Waals surface area contributed by atoms with E-state index in [0.717, 1.165) is 11.3 Å². The zero-order valence-corrected chi connectivity index (χ0v) is 13.0. The molecule has 0 unspecified atom stereocenters. The lowest BCUT2D eigenvalue weighted by molar-refractivity contribution is 0.0695. The van der Waals surface area contributed by atoms with Gasteiger partial charge in [-0.15, -0.1) is 5.10 Å². The van der Waals surface area contributed by atoms with Crippen LogP contribution in [0.1, 0.15) is 27.0 Å². The molecule has 0 aliphatic rings. The molecule has 1 heterocycles. The van der Waals surface area contributed by atoms with Crippen LogP contribution in [0.4, 0.5) is 0 Å². The molecule has 0 atom stereocenters. The van der Waals surface area contributed by atoms with Crippen LogP contribution in [0.15, 0.2) is 48.7 Å². The Bertz CT molecular complexity index is 868. The van der Waals surface area contributed by atoms with E-state index >= 15 is 0 Å². The molecule has 0 aliphatic heterocycles. The monoisotopic (exact) mass is 307 g/mol. The van der Waals surface area contributed by atoms with Crippen molar-refractivity contribution in [2.75, 3.05) is 0 Å². The second-order valence-electron chi connectivity index (χ2n) is 5.54. The van der Waals surface area contributed by atoms with Gasteiger partial charge >= 0.3 is 5.97 Å². The Labute approximate surface area is 134 Å². The highest BCUT2D eigenvalue weighted by molar-refractivity contribution is 5.89. The van der Waals surface area contributed by atoms with Crippen molar-refractivity contribution < 1.29 is 9.90 Å². The Hall–Kier alpha value is -2.95. The minimum atomic E-state index is -0.937. The fourth-order valence-electron chi connectivity index (χ4n) is 2.53. The minimum Gasteiger partial charge on any atom is -0.478 e. The molecule has 0 spiro atoms. The van der Waals surface area contributed by atoms with E-state index in [1.165, 1.54) is 11.1 Å². The Balaban J connectivity index is 1.99. The fraction of sp³-hybridized carbons (Fsp3) is 0.167. The van der Waals surface area contributed by atoms with Gasteiger partial charge in [0.15, 0.2) is 0 Å². The number of hydrogen-bond donors (Lipinski definition) is 1. The van der Waals surface area contributed by atoms with Crippen LogP contribution in [0.25, 0.3) is 11.3 Å². The highest BCUT2D eigenvalue weighted by Gasteiger charge is 2.13. The summed E-state index contributed by atoms with van der Waals surface area (Å²) in [7, 11) is 0. The highest BCUT2D eigenvalue weighted by atomic mass is 16.4. The van der Waals surface area contributed by atoms with Gasteiger partial charge in [-0.2, -0.15) is 0 Å². The molecule has 2 aromatic carbocycles. The Morgan fingerprint density at radius 1 is 1.13 bits per heavy atom. The first kappa shape index (κ1) is 15.0. The zero-order chi connectivity index (χ0) is 16.4. The molecule has 0 amide bonds. The van der Waals surface area contributed by atoms with E-state index in [1.54, 1.807) is 29.1 Å². The summed E-state index contributed by atoms with van der Waals surface area (Å²) in [5, 5.41) is 17.4. The first-order valence-electron chi connectivity index (χ1n) is 7.33. The number of rotatable bonds is 4. The number of aromatic nitrogens is 3. The van der Waals surface area contributed by atoms with Crippen molar-refractivity contribution in [1.82, 2.24) is 15.0 Å². The van der Waals surface area contributed by atoms with E-state index in [-0.39, 0.29) is 5.56 Å². The normalized spacial score (nSPS) is 10.7. The fourth-order valence-corrected chi connectivity index (χ4v) is 2.53. The molecule has 0 radical (unpaired) electrons. The molecule has 0 aliphatic carbocycles. The first-order valence-corrected chi connectivity index (χ1v) is 7.33. The smallest absolute Gasteiger partial charge is 0.336 e. The molecule has 1 N–H and O–H groups in total. The van der Waals surface area contributed by atoms with Crippen LogP contribution < -0.4 is 0 Å². The van der Waals surface area contributed by atoms with E-state index in [0.29, 0.717) is 12.1 Å². The summed E-state index contributed by atoms with van der Waals surface area (Å²) in [6, 6.07) is 13.1. The average molecular weight is 307 g/mol. The third-order valence-electron chi connectivity index (χ3n) is 3.99. The van der Waals surface area contributed by atoms with Crippen LogP contribution in [0.3, 0.4) is 0 Å². The number of benzene rings is 2. The second-order valence-corrected chi connectivity index (χ2v) is 5.54. The van der Waals surface area contributed by atoms with Gasteiger partial charge in [-0.3, -0.25) is 0 Å². The Morgan fingerprint density at radius 2 is 1.91 bits per heavy atom. The van der Waals surface area contributed by atoms with E-state index < -0.39 is 5.97 Å². The predicted octanol–water partition coefficient (Wildman–Crippen LogP) is 3.31. The van der Waals surface area contributed by atoms with Crippen LogP contribution in [0, 0.1) is 13.8 Å². The van der Waals surface area contributed by atoms with Gasteiger partial charge in [0.2, 0.25) is 0 Å². The van der Waals surface area contributed by atoms with Crippen molar-refractivity contribution in [2.24, 2.45) is 0 Å². The SMILES string of the molecule is Cc1ccc(-c2cnnn2Cc2ccccc2C(=O)O)cc1C. The quantitative estimate of drug-likeness (QED) is 0.803. The van der Waals surface area contributed by atoms with Crippen LogP contribution in [0.2, 0.25) is 0 Å². The van der Waals surface area contributed by atoms with E-state index in [9.17, 15) is 9.90 Å². The van der Waals surface area contributed by atoms with Gasteiger partial charge < -0.3 is 5.11 Å². The molecule has 0 bridgehead atoms. The molecule has 23 heavy (non-hydrogen) atoms. The number of aromatic carboxylic acids is 1. The van der Waals surface area contributed by atoms with Gasteiger partial charge in [0.05, 0.1) is 24.0 Å². The Kier molecular flexibility index (Phi) is 3.93. The molecule has 5 heteroatoms. The van der Waals surface area contributed by atoms with Gasteiger partial charge in [0.25, 0.3) is 0 Å². The number of carboxylic acid groups (broad SMARTS) is 1. The third kappa shape index (κ3) is 2.99. The molecule has 116 valence electrons. The number of aryl methyl sites for hydroxylation is 2. The predicted molar refractivity (Wildman–Crippen MR) is 87.4 cm³/mol. The molecule has 3 rings (SSSR count). The lowest BCUT2D eigenvalue weighted by atomic mass is 10.0. The number of nitrogens with zero attached hydrogens (tertiary/aromatic N) is 3. The van der Waals surface area contributed by atoms with Gasteiger partial charge in [-0.25, -0.2) is 9.48 Å².